The lowest BCUT2D eigenvalue weighted by Gasteiger charge is -2.42. The first-order valence-electron chi connectivity index (χ1n) is 9.16. The summed E-state index contributed by atoms with van der Waals surface area (Å²) in [4.78, 5) is 7.27. The summed E-state index contributed by atoms with van der Waals surface area (Å²) < 4.78 is 5.52. The van der Waals surface area contributed by atoms with Crippen LogP contribution in [0.5, 0.6) is 0 Å². The molecule has 2 fully saturated rings. The number of ether oxygens (including phenoxy) is 1. The third kappa shape index (κ3) is 5.50. The fraction of sp³-hybridized carbons (Fsp3) is 0.632. The van der Waals surface area contributed by atoms with Gasteiger partial charge in [0.2, 0.25) is 0 Å². The van der Waals surface area contributed by atoms with Gasteiger partial charge in [0, 0.05) is 24.5 Å². The average Bonchev–Trinajstić information content (AvgIpc) is 3.11. The summed E-state index contributed by atoms with van der Waals surface area (Å²) in [7, 11) is 0. The van der Waals surface area contributed by atoms with Crippen LogP contribution >= 0.6 is 35.7 Å². The smallest absolute Gasteiger partial charge is 0.193 e. The number of thioether (sulfide) groups is 1. The molecular formula is C19H31IN4OS. The van der Waals surface area contributed by atoms with Gasteiger partial charge in [-0.05, 0) is 35.8 Å². The highest BCUT2D eigenvalue weighted by Crippen LogP contribution is 2.34. The minimum absolute atomic E-state index is 0. The van der Waals surface area contributed by atoms with E-state index in [9.17, 15) is 0 Å². The van der Waals surface area contributed by atoms with Gasteiger partial charge in [-0.1, -0.05) is 26.0 Å². The molecule has 146 valence electrons. The van der Waals surface area contributed by atoms with Gasteiger partial charge in [0.1, 0.15) is 0 Å². The quantitative estimate of drug-likeness (QED) is 0.377. The predicted molar refractivity (Wildman–Crippen MR) is 123 cm³/mol. The molecule has 0 spiro atoms. The van der Waals surface area contributed by atoms with E-state index in [2.05, 4.69) is 42.3 Å². The van der Waals surface area contributed by atoms with Gasteiger partial charge in [-0.25, -0.2) is 0 Å². The van der Waals surface area contributed by atoms with Crippen LogP contribution < -0.4 is 11.1 Å². The van der Waals surface area contributed by atoms with E-state index in [0.29, 0.717) is 11.9 Å². The monoisotopic (exact) mass is 490 g/mol. The van der Waals surface area contributed by atoms with Crippen molar-refractivity contribution >= 4 is 47.4 Å². The first kappa shape index (κ1) is 21.8. The van der Waals surface area contributed by atoms with E-state index >= 15 is 0 Å². The minimum atomic E-state index is 0. The van der Waals surface area contributed by atoms with Gasteiger partial charge in [0.25, 0.3) is 0 Å². The van der Waals surface area contributed by atoms with Crippen molar-refractivity contribution in [2.24, 2.45) is 10.7 Å². The van der Waals surface area contributed by atoms with Gasteiger partial charge in [0.05, 0.1) is 25.3 Å². The van der Waals surface area contributed by atoms with E-state index in [4.69, 9.17) is 15.5 Å². The zero-order valence-electron chi connectivity index (χ0n) is 15.7. The largest absolute Gasteiger partial charge is 0.379 e. The van der Waals surface area contributed by atoms with E-state index < -0.39 is 0 Å². The molecule has 1 aromatic rings. The second-order valence-electron chi connectivity index (χ2n) is 7.23. The molecule has 2 heterocycles. The Morgan fingerprint density at radius 3 is 2.81 bits per heavy atom. The number of nitrogens with zero attached hydrogens (tertiary/aromatic N) is 2. The third-order valence-electron chi connectivity index (χ3n) is 5.13. The Bertz CT molecular complexity index is 599. The Morgan fingerprint density at radius 2 is 2.15 bits per heavy atom. The summed E-state index contributed by atoms with van der Waals surface area (Å²) in [6.07, 6.45) is 1.18. The fourth-order valence-corrected chi connectivity index (χ4v) is 4.97. The maximum Gasteiger partial charge on any atom is 0.193 e. The van der Waals surface area contributed by atoms with Crippen LogP contribution in [0, 0.1) is 0 Å². The van der Waals surface area contributed by atoms with Crippen LogP contribution in [-0.4, -0.2) is 60.8 Å². The van der Waals surface area contributed by atoms with Crippen molar-refractivity contribution in [1.82, 2.24) is 4.90 Å². The molecule has 2 saturated heterocycles. The van der Waals surface area contributed by atoms with E-state index in [0.717, 1.165) is 44.3 Å². The van der Waals surface area contributed by atoms with E-state index in [-0.39, 0.29) is 29.5 Å². The number of benzene rings is 1. The molecule has 5 nitrogen and oxygen atoms in total. The van der Waals surface area contributed by atoms with Gasteiger partial charge in [-0.15, -0.1) is 24.0 Å². The van der Waals surface area contributed by atoms with Crippen molar-refractivity contribution in [2.45, 2.75) is 31.7 Å². The molecule has 0 aliphatic carbocycles. The van der Waals surface area contributed by atoms with Crippen molar-refractivity contribution in [1.29, 1.82) is 0 Å². The van der Waals surface area contributed by atoms with Crippen molar-refractivity contribution in [3.63, 3.8) is 0 Å². The number of morpholine rings is 1. The lowest BCUT2D eigenvalue weighted by Crippen LogP contribution is -2.56. The lowest BCUT2D eigenvalue weighted by atomic mass is 9.96. The number of nitrogens with two attached hydrogens (primary N) is 1. The predicted octanol–water partition coefficient (Wildman–Crippen LogP) is 3.36. The number of anilines is 1. The molecular weight excluding hydrogens is 459 g/mol. The molecule has 0 amide bonds. The SMILES string of the molecule is CC(C)c1cccc(NC(N)=NCC2(N3CCOCC3)CCSC2)c1.I. The van der Waals surface area contributed by atoms with Crippen molar-refractivity contribution in [3.05, 3.63) is 29.8 Å². The molecule has 0 radical (unpaired) electrons. The standard InChI is InChI=1S/C19H30N4OS.HI/c1-15(2)16-4-3-5-17(12-16)22-18(20)21-13-19(6-11-25-14-19)23-7-9-24-10-8-23;/h3-5,12,15H,6-11,13-14H2,1-2H3,(H3,20,21,22);1H. The molecule has 3 rings (SSSR count). The summed E-state index contributed by atoms with van der Waals surface area (Å²) >= 11 is 2.02. The normalized spacial score (nSPS) is 24.5. The molecule has 26 heavy (non-hydrogen) atoms. The number of rotatable bonds is 5. The van der Waals surface area contributed by atoms with Crippen LogP contribution in [0.3, 0.4) is 0 Å². The van der Waals surface area contributed by atoms with Gasteiger partial charge in [-0.3, -0.25) is 9.89 Å². The topological polar surface area (TPSA) is 62.9 Å². The Kier molecular flexibility index (Phi) is 8.50. The molecule has 0 saturated carbocycles. The van der Waals surface area contributed by atoms with Crippen molar-refractivity contribution in [2.75, 3.05) is 49.7 Å². The van der Waals surface area contributed by atoms with Crippen LogP contribution in [0.25, 0.3) is 0 Å². The van der Waals surface area contributed by atoms with Gasteiger partial charge in [0.15, 0.2) is 5.96 Å². The first-order valence-corrected chi connectivity index (χ1v) is 10.3. The highest BCUT2D eigenvalue weighted by molar-refractivity contribution is 14.0. The Morgan fingerprint density at radius 1 is 1.38 bits per heavy atom. The van der Waals surface area contributed by atoms with Gasteiger partial charge in [-0.2, -0.15) is 11.8 Å². The molecule has 1 atom stereocenters. The molecule has 7 heteroatoms. The summed E-state index contributed by atoms with van der Waals surface area (Å²) in [5, 5.41) is 3.26. The van der Waals surface area contributed by atoms with Crippen LogP contribution in [0.15, 0.2) is 29.3 Å². The molecule has 1 aromatic carbocycles. The Balaban J connectivity index is 0.00000243. The van der Waals surface area contributed by atoms with Crippen molar-refractivity contribution in [3.8, 4) is 0 Å². The van der Waals surface area contributed by atoms with E-state index in [1.165, 1.54) is 17.7 Å². The van der Waals surface area contributed by atoms with Crippen LogP contribution in [0.1, 0.15) is 31.7 Å². The molecule has 1 unspecified atom stereocenters. The molecule has 2 aliphatic rings. The summed E-state index contributed by atoms with van der Waals surface area (Å²) in [6.45, 7) is 8.79. The Labute approximate surface area is 178 Å². The number of aliphatic imine (C=N–C) groups is 1. The number of guanidine groups is 1. The van der Waals surface area contributed by atoms with Crippen LogP contribution in [0.2, 0.25) is 0 Å². The van der Waals surface area contributed by atoms with Crippen LogP contribution in [-0.2, 0) is 4.74 Å². The molecule has 0 bridgehead atoms. The Hall–Kier alpha value is -0.510. The highest BCUT2D eigenvalue weighted by Gasteiger charge is 2.40. The second-order valence-corrected chi connectivity index (χ2v) is 8.34. The zero-order valence-corrected chi connectivity index (χ0v) is 18.9. The van der Waals surface area contributed by atoms with Crippen LogP contribution in [0.4, 0.5) is 5.69 Å². The lowest BCUT2D eigenvalue weighted by molar-refractivity contribution is -0.0104. The minimum Gasteiger partial charge on any atom is -0.379 e. The summed E-state index contributed by atoms with van der Waals surface area (Å²) in [6, 6.07) is 8.40. The second kappa shape index (κ2) is 10.1. The third-order valence-corrected chi connectivity index (χ3v) is 6.37. The van der Waals surface area contributed by atoms with Gasteiger partial charge < -0.3 is 15.8 Å². The first-order chi connectivity index (χ1) is 12.1. The van der Waals surface area contributed by atoms with E-state index in [1.54, 1.807) is 0 Å². The molecule has 3 N–H and O–H groups in total. The zero-order chi connectivity index (χ0) is 17.7. The van der Waals surface area contributed by atoms with Crippen molar-refractivity contribution < 1.29 is 4.74 Å². The number of halogens is 1. The average molecular weight is 490 g/mol. The maximum atomic E-state index is 6.19. The number of hydrogen-bond donors (Lipinski definition) is 2. The molecule has 2 aliphatic heterocycles. The number of hydrogen-bond acceptors (Lipinski definition) is 4. The number of nitrogens with one attached hydrogen (secondary N) is 1. The van der Waals surface area contributed by atoms with E-state index in [1.807, 2.05) is 17.8 Å². The van der Waals surface area contributed by atoms with Gasteiger partial charge >= 0.3 is 0 Å². The summed E-state index contributed by atoms with van der Waals surface area (Å²) in [5.74, 6) is 3.34. The maximum absolute atomic E-state index is 6.19. The fourth-order valence-electron chi connectivity index (χ4n) is 3.50. The summed E-state index contributed by atoms with van der Waals surface area (Å²) in [5.41, 5.74) is 8.64. The highest BCUT2D eigenvalue weighted by atomic mass is 127. The molecule has 0 aromatic heterocycles.